The molecule has 14 heavy (non-hydrogen) atoms. The fourth-order valence-electron chi connectivity index (χ4n) is 0.904. The topological polar surface area (TPSA) is 38.9 Å². The molecule has 2 heterocycles. The van der Waals surface area contributed by atoms with Crippen LogP contribution in [0.5, 0.6) is 0 Å². The van der Waals surface area contributed by atoms with E-state index < -0.39 is 0 Å². The molecule has 0 bridgehead atoms. The standard InChI is InChI=1S/C7H3Br2ClN2OS/c8-4-1-3(6(9)14-4)7-11-5(2-10)12-13-7/h1H,2H2. The lowest BCUT2D eigenvalue weighted by atomic mass is 10.3. The monoisotopic (exact) mass is 356 g/mol. The van der Waals surface area contributed by atoms with Gasteiger partial charge in [-0.3, -0.25) is 0 Å². The van der Waals surface area contributed by atoms with E-state index in [4.69, 9.17) is 16.1 Å². The molecule has 74 valence electrons. The molecule has 0 N–H and O–H groups in total. The fourth-order valence-corrected chi connectivity index (χ4v) is 3.79. The van der Waals surface area contributed by atoms with Crippen LogP contribution < -0.4 is 0 Å². The number of thiophene rings is 1. The van der Waals surface area contributed by atoms with E-state index in [2.05, 4.69) is 42.0 Å². The van der Waals surface area contributed by atoms with E-state index in [1.165, 1.54) is 0 Å². The van der Waals surface area contributed by atoms with Gasteiger partial charge < -0.3 is 4.52 Å². The summed E-state index contributed by atoms with van der Waals surface area (Å²) in [5.41, 5.74) is 0.880. The van der Waals surface area contributed by atoms with Gasteiger partial charge in [0.15, 0.2) is 5.82 Å². The Kier molecular flexibility index (Phi) is 3.26. The van der Waals surface area contributed by atoms with Crippen LogP contribution in [0, 0.1) is 0 Å². The molecule has 0 aromatic carbocycles. The summed E-state index contributed by atoms with van der Waals surface area (Å²) in [5, 5.41) is 3.71. The maximum atomic E-state index is 5.57. The van der Waals surface area contributed by atoms with Gasteiger partial charge in [-0.15, -0.1) is 22.9 Å². The molecule has 0 spiro atoms. The first-order chi connectivity index (χ1) is 6.70. The lowest BCUT2D eigenvalue weighted by molar-refractivity contribution is 0.425. The Bertz CT molecular complexity index is 456. The predicted molar refractivity (Wildman–Crippen MR) is 62.6 cm³/mol. The summed E-state index contributed by atoms with van der Waals surface area (Å²) in [6, 6.07) is 1.92. The molecule has 2 aromatic rings. The molecule has 3 nitrogen and oxygen atoms in total. The highest BCUT2D eigenvalue weighted by Gasteiger charge is 2.14. The van der Waals surface area contributed by atoms with Gasteiger partial charge in [0, 0.05) is 0 Å². The van der Waals surface area contributed by atoms with Crippen molar-refractivity contribution in [1.82, 2.24) is 10.1 Å². The van der Waals surface area contributed by atoms with Crippen LogP contribution in [0.15, 0.2) is 18.2 Å². The minimum absolute atomic E-state index is 0.256. The van der Waals surface area contributed by atoms with E-state index in [9.17, 15) is 0 Å². The number of hydrogen-bond acceptors (Lipinski definition) is 4. The maximum absolute atomic E-state index is 5.57. The molecular weight excluding hydrogens is 355 g/mol. The number of alkyl halides is 1. The molecule has 0 saturated carbocycles. The van der Waals surface area contributed by atoms with E-state index >= 15 is 0 Å². The molecule has 0 aliphatic rings. The Morgan fingerprint density at radius 3 is 2.79 bits per heavy atom. The van der Waals surface area contributed by atoms with E-state index in [-0.39, 0.29) is 5.88 Å². The minimum atomic E-state index is 0.256. The van der Waals surface area contributed by atoms with Crippen LogP contribution in [-0.2, 0) is 5.88 Å². The summed E-state index contributed by atoms with van der Waals surface area (Å²) in [4.78, 5) is 4.12. The number of nitrogens with zero attached hydrogens (tertiary/aromatic N) is 2. The summed E-state index contributed by atoms with van der Waals surface area (Å²) < 4.78 is 7.00. The minimum Gasteiger partial charge on any atom is -0.334 e. The molecule has 0 fully saturated rings. The van der Waals surface area contributed by atoms with Crippen LogP contribution in [0.4, 0.5) is 0 Å². The quantitative estimate of drug-likeness (QED) is 0.760. The van der Waals surface area contributed by atoms with Gasteiger partial charge in [-0.25, -0.2) is 0 Å². The maximum Gasteiger partial charge on any atom is 0.260 e. The molecule has 0 aliphatic heterocycles. The van der Waals surface area contributed by atoms with Crippen molar-refractivity contribution in [1.29, 1.82) is 0 Å². The average molecular weight is 358 g/mol. The fraction of sp³-hybridized carbons (Fsp3) is 0.143. The summed E-state index contributed by atoms with van der Waals surface area (Å²) in [6.07, 6.45) is 0. The first kappa shape index (κ1) is 10.6. The highest BCUT2D eigenvalue weighted by molar-refractivity contribution is 9.12. The van der Waals surface area contributed by atoms with Crippen molar-refractivity contribution in [2.45, 2.75) is 5.88 Å². The number of aromatic nitrogens is 2. The van der Waals surface area contributed by atoms with Gasteiger partial charge in [-0.05, 0) is 37.9 Å². The van der Waals surface area contributed by atoms with Crippen molar-refractivity contribution in [3.8, 4) is 11.5 Å². The van der Waals surface area contributed by atoms with Crippen molar-refractivity contribution in [3.05, 3.63) is 19.5 Å². The molecule has 0 saturated heterocycles. The Morgan fingerprint density at radius 2 is 2.29 bits per heavy atom. The van der Waals surface area contributed by atoms with Gasteiger partial charge in [0.05, 0.1) is 19.0 Å². The van der Waals surface area contributed by atoms with Crippen molar-refractivity contribution < 1.29 is 4.52 Å². The molecule has 0 unspecified atom stereocenters. The van der Waals surface area contributed by atoms with E-state index in [0.29, 0.717) is 11.7 Å². The second-order valence-electron chi connectivity index (χ2n) is 2.39. The molecule has 0 atom stereocenters. The summed E-state index contributed by atoms with van der Waals surface area (Å²) in [5.74, 6) is 1.23. The van der Waals surface area contributed by atoms with Crippen LogP contribution >= 0.6 is 54.8 Å². The van der Waals surface area contributed by atoms with Gasteiger partial charge in [-0.1, -0.05) is 5.16 Å². The smallest absolute Gasteiger partial charge is 0.260 e. The highest BCUT2D eigenvalue weighted by atomic mass is 79.9. The normalized spacial score (nSPS) is 10.8. The third-order valence-corrected chi connectivity index (χ3v) is 4.05. The van der Waals surface area contributed by atoms with E-state index in [1.54, 1.807) is 11.3 Å². The zero-order chi connectivity index (χ0) is 10.1. The predicted octanol–water partition coefficient (Wildman–Crippen LogP) is 4.06. The average Bonchev–Trinajstić information content (AvgIpc) is 2.71. The summed E-state index contributed by atoms with van der Waals surface area (Å²) in [6.45, 7) is 0. The number of halogens is 3. The molecule has 0 amide bonds. The van der Waals surface area contributed by atoms with Crippen LogP contribution in [0.2, 0.25) is 0 Å². The third kappa shape index (κ3) is 2.03. The Hall–Kier alpha value is 0.0900. The van der Waals surface area contributed by atoms with Gasteiger partial charge in [0.1, 0.15) is 0 Å². The third-order valence-electron chi connectivity index (χ3n) is 1.47. The first-order valence-corrected chi connectivity index (χ1v) is 6.48. The highest BCUT2D eigenvalue weighted by Crippen LogP contribution is 2.37. The lowest BCUT2D eigenvalue weighted by Crippen LogP contribution is -1.79. The van der Waals surface area contributed by atoms with Crippen molar-refractivity contribution in [2.24, 2.45) is 0 Å². The Morgan fingerprint density at radius 1 is 1.50 bits per heavy atom. The van der Waals surface area contributed by atoms with E-state index in [0.717, 1.165) is 13.1 Å². The molecule has 2 rings (SSSR count). The molecular formula is C7H3Br2ClN2OS. The molecule has 0 radical (unpaired) electrons. The van der Waals surface area contributed by atoms with Crippen LogP contribution in [0.3, 0.4) is 0 Å². The van der Waals surface area contributed by atoms with Crippen LogP contribution in [-0.4, -0.2) is 10.1 Å². The van der Waals surface area contributed by atoms with Gasteiger partial charge in [-0.2, -0.15) is 4.98 Å². The molecule has 2 aromatic heterocycles. The summed E-state index contributed by atoms with van der Waals surface area (Å²) >= 11 is 13.9. The molecule has 0 aliphatic carbocycles. The zero-order valence-corrected chi connectivity index (χ0v) is 11.4. The second-order valence-corrected chi connectivity index (χ2v) is 6.40. The largest absolute Gasteiger partial charge is 0.334 e. The van der Waals surface area contributed by atoms with E-state index in [1.807, 2.05) is 6.07 Å². The van der Waals surface area contributed by atoms with Gasteiger partial charge in [0.2, 0.25) is 0 Å². The van der Waals surface area contributed by atoms with Crippen molar-refractivity contribution in [3.63, 3.8) is 0 Å². The van der Waals surface area contributed by atoms with Crippen molar-refractivity contribution >= 4 is 54.8 Å². The number of hydrogen-bond donors (Lipinski definition) is 0. The Balaban J connectivity index is 2.43. The molecule has 7 heteroatoms. The first-order valence-electron chi connectivity index (χ1n) is 3.54. The number of rotatable bonds is 2. The van der Waals surface area contributed by atoms with Crippen molar-refractivity contribution in [2.75, 3.05) is 0 Å². The zero-order valence-electron chi connectivity index (χ0n) is 6.63. The SMILES string of the molecule is ClCc1noc(-c2cc(Br)sc2Br)n1. The summed E-state index contributed by atoms with van der Waals surface area (Å²) in [7, 11) is 0. The lowest BCUT2D eigenvalue weighted by Gasteiger charge is -1.86. The van der Waals surface area contributed by atoms with Gasteiger partial charge in [0.25, 0.3) is 5.89 Å². The van der Waals surface area contributed by atoms with Gasteiger partial charge >= 0.3 is 0 Å². The van der Waals surface area contributed by atoms with Crippen LogP contribution in [0.1, 0.15) is 5.82 Å². The Labute approximate surface area is 106 Å². The van der Waals surface area contributed by atoms with Crippen LogP contribution in [0.25, 0.3) is 11.5 Å². The second kappa shape index (κ2) is 4.30.